The Hall–Kier alpha value is -2.84. The van der Waals surface area contributed by atoms with Crippen molar-refractivity contribution in [3.05, 3.63) is 117 Å². The van der Waals surface area contributed by atoms with Gasteiger partial charge in [-0.1, -0.05) is 24.3 Å². The van der Waals surface area contributed by atoms with Crippen LogP contribution in [0.25, 0.3) is 0 Å². The largest absolute Gasteiger partial charge is 0.461 e. The van der Waals surface area contributed by atoms with Gasteiger partial charge in [-0.15, -0.1) is 11.3 Å². The van der Waals surface area contributed by atoms with Crippen LogP contribution in [0.3, 0.4) is 0 Å². The fourth-order valence-corrected chi connectivity index (χ4v) is 5.08. The van der Waals surface area contributed by atoms with E-state index >= 15 is 0 Å². The molecule has 4 rings (SSSR count). The highest BCUT2D eigenvalue weighted by Crippen LogP contribution is 2.38. The molecule has 0 atom stereocenters. The zero-order chi connectivity index (χ0) is 24.8. The summed E-state index contributed by atoms with van der Waals surface area (Å²) in [5, 5.41) is 11.9. The van der Waals surface area contributed by atoms with Gasteiger partial charge in [0.15, 0.2) is 5.60 Å². The molecule has 7 heteroatoms. The second-order valence-electron chi connectivity index (χ2n) is 8.56. The van der Waals surface area contributed by atoms with Crippen molar-refractivity contribution in [3.8, 4) is 0 Å². The predicted molar refractivity (Wildman–Crippen MR) is 133 cm³/mol. The van der Waals surface area contributed by atoms with E-state index in [1.807, 2.05) is 6.07 Å². The molecular formula is C28H29F2NO3S. The van der Waals surface area contributed by atoms with Crippen molar-refractivity contribution in [2.45, 2.75) is 32.0 Å². The molecule has 1 N–H and O–H groups in total. The maximum Gasteiger partial charge on any atom is 0.173 e. The minimum Gasteiger partial charge on any atom is -0.461 e. The third-order valence-corrected chi connectivity index (χ3v) is 6.91. The quantitative estimate of drug-likeness (QED) is 0.249. The van der Waals surface area contributed by atoms with Crippen LogP contribution in [0.1, 0.15) is 38.8 Å². The Bertz CT molecular complexity index is 1170. The Kier molecular flexibility index (Phi) is 8.13. The van der Waals surface area contributed by atoms with E-state index in [9.17, 15) is 13.9 Å². The van der Waals surface area contributed by atoms with E-state index in [0.717, 1.165) is 19.5 Å². The van der Waals surface area contributed by atoms with Crippen LogP contribution in [-0.2, 0) is 23.4 Å². The van der Waals surface area contributed by atoms with E-state index in [2.05, 4.69) is 24.0 Å². The van der Waals surface area contributed by atoms with Gasteiger partial charge in [0.25, 0.3) is 0 Å². The number of methoxy groups -OCH3 is 1. The van der Waals surface area contributed by atoms with Crippen LogP contribution < -0.4 is 0 Å². The Morgan fingerprint density at radius 2 is 1.51 bits per heavy atom. The van der Waals surface area contributed by atoms with Crippen molar-refractivity contribution in [1.82, 2.24) is 4.90 Å². The van der Waals surface area contributed by atoms with Gasteiger partial charge in [-0.2, -0.15) is 0 Å². The van der Waals surface area contributed by atoms with Crippen LogP contribution in [0.15, 0.2) is 77.2 Å². The summed E-state index contributed by atoms with van der Waals surface area (Å²) >= 11 is 1.77. The highest BCUT2D eigenvalue weighted by molar-refractivity contribution is 7.11. The number of rotatable bonds is 11. The van der Waals surface area contributed by atoms with E-state index in [4.69, 9.17) is 9.15 Å². The minimum atomic E-state index is -1.70. The first-order valence-corrected chi connectivity index (χ1v) is 12.3. The second kappa shape index (κ2) is 11.3. The van der Waals surface area contributed by atoms with E-state index in [1.54, 1.807) is 24.5 Å². The predicted octanol–water partition coefficient (Wildman–Crippen LogP) is 6.25. The molecule has 2 aromatic carbocycles. The minimum absolute atomic E-state index is 0.287. The zero-order valence-electron chi connectivity index (χ0n) is 19.8. The molecule has 0 amide bonds. The number of halogens is 2. The first kappa shape index (κ1) is 25.3. The van der Waals surface area contributed by atoms with Crippen LogP contribution >= 0.6 is 11.3 Å². The zero-order valence-corrected chi connectivity index (χ0v) is 20.7. The molecule has 4 nitrogen and oxygen atoms in total. The average molecular weight is 498 g/mol. The number of thiophene rings is 1. The lowest BCUT2D eigenvalue weighted by atomic mass is 9.84. The normalized spacial score (nSPS) is 11.9. The lowest BCUT2D eigenvalue weighted by molar-refractivity contribution is 0.0946. The van der Waals surface area contributed by atoms with Crippen molar-refractivity contribution >= 4 is 11.3 Å². The van der Waals surface area contributed by atoms with Gasteiger partial charge in [0.05, 0.1) is 6.54 Å². The Morgan fingerprint density at radius 3 is 2.06 bits per heavy atom. The average Bonchev–Trinajstić information content (AvgIpc) is 3.48. The van der Waals surface area contributed by atoms with E-state index < -0.39 is 17.2 Å². The lowest BCUT2D eigenvalue weighted by Gasteiger charge is -2.27. The summed E-state index contributed by atoms with van der Waals surface area (Å²) in [5.74, 6) is 0.152. The van der Waals surface area contributed by atoms with Gasteiger partial charge in [-0.3, -0.25) is 4.90 Å². The number of benzene rings is 2. The van der Waals surface area contributed by atoms with Gasteiger partial charge in [0.1, 0.15) is 23.2 Å². The molecule has 2 heterocycles. The van der Waals surface area contributed by atoms with Gasteiger partial charge in [-0.05, 0) is 73.0 Å². The number of hydrogen-bond acceptors (Lipinski definition) is 5. The van der Waals surface area contributed by atoms with Crippen molar-refractivity contribution in [2.75, 3.05) is 20.3 Å². The number of nitrogens with zero attached hydrogens (tertiary/aromatic N) is 1. The van der Waals surface area contributed by atoms with E-state index in [-0.39, 0.29) is 5.76 Å². The third kappa shape index (κ3) is 6.05. The van der Waals surface area contributed by atoms with E-state index in [1.165, 1.54) is 58.3 Å². The van der Waals surface area contributed by atoms with Crippen molar-refractivity contribution in [2.24, 2.45) is 0 Å². The molecular weight excluding hydrogens is 468 g/mol. The van der Waals surface area contributed by atoms with Crippen molar-refractivity contribution in [3.63, 3.8) is 0 Å². The molecule has 184 valence electrons. The molecule has 0 aliphatic rings. The number of ether oxygens (including phenoxy) is 1. The summed E-state index contributed by atoms with van der Waals surface area (Å²) in [4.78, 5) is 4.81. The second-order valence-corrected chi connectivity index (χ2v) is 9.93. The molecule has 0 aliphatic heterocycles. The Balaban J connectivity index is 1.63. The molecule has 0 saturated heterocycles. The third-order valence-electron chi connectivity index (χ3n) is 5.92. The summed E-state index contributed by atoms with van der Waals surface area (Å²) in [5.41, 5.74) is -0.847. The van der Waals surface area contributed by atoms with Crippen LogP contribution in [0.5, 0.6) is 0 Å². The highest BCUT2D eigenvalue weighted by Gasteiger charge is 2.37. The topological polar surface area (TPSA) is 45.8 Å². The van der Waals surface area contributed by atoms with Crippen molar-refractivity contribution < 1.29 is 23.0 Å². The van der Waals surface area contributed by atoms with Gasteiger partial charge in [0, 0.05) is 36.6 Å². The SMILES string of the molecule is COCCCN(Cc1ccc(C(O)(c2ccc(F)cc2)c2ccc(F)cc2)o1)Cc1ccc(C)s1. The van der Waals surface area contributed by atoms with Crippen LogP contribution in [0.2, 0.25) is 0 Å². The summed E-state index contributed by atoms with van der Waals surface area (Å²) in [7, 11) is 1.69. The maximum absolute atomic E-state index is 13.6. The van der Waals surface area contributed by atoms with Crippen LogP contribution in [0, 0.1) is 18.6 Å². The Labute approximate surface area is 208 Å². The fraction of sp³-hybridized carbons (Fsp3) is 0.286. The molecule has 0 spiro atoms. The Morgan fingerprint density at radius 1 is 0.886 bits per heavy atom. The number of hydrogen-bond donors (Lipinski definition) is 1. The number of aryl methyl sites for hydroxylation is 1. The van der Waals surface area contributed by atoms with Crippen LogP contribution in [-0.4, -0.2) is 30.3 Å². The summed E-state index contributed by atoms with van der Waals surface area (Å²) in [6, 6.07) is 19.0. The first-order valence-electron chi connectivity index (χ1n) is 11.5. The maximum atomic E-state index is 13.6. The first-order chi connectivity index (χ1) is 16.9. The molecule has 35 heavy (non-hydrogen) atoms. The molecule has 2 aromatic heterocycles. The molecule has 0 unspecified atom stereocenters. The van der Waals surface area contributed by atoms with Gasteiger partial charge in [-0.25, -0.2) is 8.78 Å². The number of aliphatic hydroxyl groups is 1. The summed E-state index contributed by atoms with van der Waals surface area (Å²) in [6.45, 7) is 4.90. The van der Waals surface area contributed by atoms with Gasteiger partial charge in [0.2, 0.25) is 0 Å². The molecule has 4 aromatic rings. The standard InChI is InChI=1S/C28H29F2NO3S/c1-20-4-14-26(35-20)19-31(16-3-17-33-2)18-25-13-15-27(34-25)28(32,21-5-9-23(29)10-6-21)22-7-11-24(30)12-8-22/h4-15,32H,3,16-19H2,1-2H3. The number of furan rings is 1. The molecule has 0 radical (unpaired) electrons. The molecule has 0 fully saturated rings. The highest BCUT2D eigenvalue weighted by atomic mass is 32.1. The molecule has 0 saturated carbocycles. The summed E-state index contributed by atoms with van der Waals surface area (Å²) in [6.07, 6.45) is 0.878. The molecule has 0 bridgehead atoms. The van der Waals surface area contributed by atoms with E-state index in [0.29, 0.717) is 30.0 Å². The van der Waals surface area contributed by atoms with Crippen LogP contribution in [0.4, 0.5) is 8.78 Å². The summed E-state index contributed by atoms with van der Waals surface area (Å²) < 4.78 is 38.7. The van der Waals surface area contributed by atoms with Crippen molar-refractivity contribution in [1.29, 1.82) is 0 Å². The monoisotopic (exact) mass is 497 g/mol. The fourth-order valence-electron chi connectivity index (χ4n) is 4.15. The van der Waals surface area contributed by atoms with Gasteiger partial charge < -0.3 is 14.3 Å². The smallest absolute Gasteiger partial charge is 0.173 e. The van der Waals surface area contributed by atoms with Gasteiger partial charge >= 0.3 is 0 Å². The molecule has 0 aliphatic carbocycles. The lowest BCUT2D eigenvalue weighted by Crippen LogP contribution is -2.28.